The number of hydrogen-bond donors (Lipinski definition) is 0. The van der Waals surface area contributed by atoms with Crippen LogP contribution in [0.15, 0.2) is 83.6 Å². The van der Waals surface area contributed by atoms with Crippen molar-refractivity contribution in [3.8, 4) is 0 Å². The van der Waals surface area contributed by atoms with Gasteiger partial charge in [0.05, 0.1) is 19.2 Å². The smallest absolute Gasteiger partial charge is 0.233 e. The standard InChI is InChI=1S/C26H26N2O2/c1-26(2,3)21-12-13-23-22(16-21)20(18-30-23)15-25(29)28(24-11-7-8-14-27-24)17-19-9-5-4-6-10-19/h4-14,16,18H,15,17H2,1-3H3. The zero-order chi connectivity index (χ0) is 21.1. The van der Waals surface area contributed by atoms with Crippen molar-refractivity contribution >= 4 is 22.7 Å². The Kier molecular flexibility index (Phi) is 5.40. The SMILES string of the molecule is CC(C)(C)c1ccc2occ(CC(=O)N(Cc3ccccc3)c3ccccn3)c2c1. The quantitative estimate of drug-likeness (QED) is 0.420. The summed E-state index contributed by atoms with van der Waals surface area (Å²) in [6.45, 7) is 7.02. The zero-order valence-electron chi connectivity index (χ0n) is 17.6. The highest BCUT2D eigenvalue weighted by atomic mass is 16.3. The average Bonchev–Trinajstić information content (AvgIpc) is 3.15. The molecule has 0 aliphatic rings. The van der Waals surface area contributed by atoms with Crippen LogP contribution in [0.3, 0.4) is 0 Å². The number of carbonyl (C=O) groups is 1. The Labute approximate surface area is 177 Å². The van der Waals surface area contributed by atoms with E-state index in [4.69, 9.17) is 4.42 Å². The van der Waals surface area contributed by atoms with Crippen LogP contribution < -0.4 is 4.90 Å². The third kappa shape index (κ3) is 4.28. The molecule has 1 amide bonds. The predicted molar refractivity (Wildman–Crippen MR) is 120 cm³/mol. The maximum absolute atomic E-state index is 13.4. The molecule has 0 spiro atoms. The lowest BCUT2D eigenvalue weighted by atomic mass is 9.86. The summed E-state index contributed by atoms with van der Waals surface area (Å²) in [5.74, 6) is 0.635. The van der Waals surface area contributed by atoms with E-state index in [-0.39, 0.29) is 17.7 Å². The van der Waals surface area contributed by atoms with Gasteiger partial charge >= 0.3 is 0 Å². The summed E-state index contributed by atoms with van der Waals surface area (Å²) in [7, 11) is 0. The third-order valence-electron chi connectivity index (χ3n) is 5.27. The normalized spacial score (nSPS) is 11.6. The van der Waals surface area contributed by atoms with Gasteiger partial charge in [-0.3, -0.25) is 9.69 Å². The molecule has 0 fully saturated rings. The van der Waals surface area contributed by atoms with Gasteiger partial charge < -0.3 is 4.42 Å². The second-order valence-electron chi connectivity index (χ2n) is 8.55. The molecule has 0 atom stereocenters. The molecule has 152 valence electrons. The molecular formula is C26H26N2O2. The molecule has 2 aromatic heterocycles. The second kappa shape index (κ2) is 8.15. The number of fused-ring (bicyclic) bond motifs is 1. The summed E-state index contributed by atoms with van der Waals surface area (Å²) < 4.78 is 5.73. The van der Waals surface area contributed by atoms with Crippen molar-refractivity contribution in [1.82, 2.24) is 4.98 Å². The van der Waals surface area contributed by atoms with Crippen LogP contribution in [0.5, 0.6) is 0 Å². The molecule has 0 N–H and O–H groups in total. The number of carbonyl (C=O) groups excluding carboxylic acids is 1. The first kappa shape index (κ1) is 19.9. The Bertz CT molecular complexity index is 1140. The topological polar surface area (TPSA) is 46.3 Å². The van der Waals surface area contributed by atoms with E-state index >= 15 is 0 Å². The molecule has 2 aromatic carbocycles. The lowest BCUT2D eigenvalue weighted by Gasteiger charge is -2.22. The minimum Gasteiger partial charge on any atom is -0.464 e. The van der Waals surface area contributed by atoms with Crippen LogP contribution in [-0.4, -0.2) is 10.9 Å². The molecule has 4 heteroatoms. The van der Waals surface area contributed by atoms with E-state index in [1.807, 2.05) is 54.6 Å². The Morgan fingerprint density at radius 2 is 1.77 bits per heavy atom. The van der Waals surface area contributed by atoms with Gasteiger partial charge in [-0.2, -0.15) is 0 Å². The summed E-state index contributed by atoms with van der Waals surface area (Å²) in [6, 6.07) is 21.8. The van der Waals surface area contributed by atoms with Crippen LogP contribution in [0.25, 0.3) is 11.0 Å². The van der Waals surface area contributed by atoms with Crippen molar-refractivity contribution in [3.05, 3.63) is 95.9 Å². The van der Waals surface area contributed by atoms with E-state index in [0.717, 1.165) is 22.1 Å². The number of nitrogens with zero attached hydrogens (tertiary/aromatic N) is 2. The molecule has 0 aliphatic carbocycles. The minimum absolute atomic E-state index is 0.0126. The summed E-state index contributed by atoms with van der Waals surface area (Å²) in [5, 5.41) is 0.997. The van der Waals surface area contributed by atoms with Gasteiger partial charge in [0.25, 0.3) is 0 Å². The Hall–Kier alpha value is -3.40. The summed E-state index contributed by atoms with van der Waals surface area (Å²) in [5.41, 5.74) is 4.01. The molecule has 0 aliphatic heterocycles. The number of hydrogen-bond acceptors (Lipinski definition) is 3. The van der Waals surface area contributed by atoms with Gasteiger partial charge in [0, 0.05) is 17.1 Å². The zero-order valence-corrected chi connectivity index (χ0v) is 17.6. The van der Waals surface area contributed by atoms with Gasteiger partial charge in [0.2, 0.25) is 5.91 Å². The van der Waals surface area contributed by atoms with Crippen molar-refractivity contribution < 1.29 is 9.21 Å². The molecule has 4 aromatic rings. The maximum Gasteiger partial charge on any atom is 0.233 e. The molecule has 0 saturated carbocycles. The lowest BCUT2D eigenvalue weighted by molar-refractivity contribution is -0.118. The molecule has 0 bridgehead atoms. The third-order valence-corrected chi connectivity index (χ3v) is 5.27. The minimum atomic E-state index is -0.0126. The molecule has 2 heterocycles. The van der Waals surface area contributed by atoms with Crippen molar-refractivity contribution in [2.75, 3.05) is 4.90 Å². The summed E-state index contributed by atoms with van der Waals surface area (Å²) in [4.78, 5) is 19.5. The number of amides is 1. The van der Waals surface area contributed by atoms with Gasteiger partial charge in [0.1, 0.15) is 11.4 Å². The first-order valence-electron chi connectivity index (χ1n) is 10.2. The first-order valence-corrected chi connectivity index (χ1v) is 10.2. The fourth-order valence-corrected chi connectivity index (χ4v) is 3.52. The Morgan fingerprint density at radius 1 is 1.00 bits per heavy atom. The molecule has 0 radical (unpaired) electrons. The van der Waals surface area contributed by atoms with Crippen LogP contribution in [-0.2, 0) is 23.2 Å². The Morgan fingerprint density at radius 3 is 2.47 bits per heavy atom. The first-order chi connectivity index (χ1) is 14.4. The van der Waals surface area contributed by atoms with E-state index < -0.39 is 0 Å². The van der Waals surface area contributed by atoms with Crippen LogP contribution in [0.4, 0.5) is 5.82 Å². The molecule has 0 unspecified atom stereocenters. The average molecular weight is 399 g/mol. The maximum atomic E-state index is 13.4. The van der Waals surface area contributed by atoms with Crippen molar-refractivity contribution in [1.29, 1.82) is 0 Å². The van der Waals surface area contributed by atoms with Crippen LogP contribution in [0.1, 0.15) is 37.5 Å². The number of furan rings is 1. The van der Waals surface area contributed by atoms with E-state index in [2.05, 4.69) is 37.9 Å². The summed E-state index contributed by atoms with van der Waals surface area (Å²) in [6.07, 6.45) is 3.67. The van der Waals surface area contributed by atoms with Gasteiger partial charge in [-0.05, 0) is 40.8 Å². The summed E-state index contributed by atoms with van der Waals surface area (Å²) >= 11 is 0. The van der Waals surface area contributed by atoms with E-state index in [0.29, 0.717) is 12.4 Å². The van der Waals surface area contributed by atoms with Crippen molar-refractivity contribution in [2.45, 2.75) is 39.2 Å². The molecule has 4 rings (SSSR count). The van der Waals surface area contributed by atoms with E-state index in [9.17, 15) is 4.79 Å². The number of benzene rings is 2. The second-order valence-corrected chi connectivity index (χ2v) is 8.55. The number of anilines is 1. The highest BCUT2D eigenvalue weighted by molar-refractivity contribution is 5.96. The Balaban J connectivity index is 1.65. The van der Waals surface area contributed by atoms with Gasteiger partial charge in [-0.1, -0.05) is 63.2 Å². The number of pyridine rings is 1. The highest BCUT2D eigenvalue weighted by Gasteiger charge is 2.21. The molecule has 30 heavy (non-hydrogen) atoms. The van der Waals surface area contributed by atoms with Gasteiger partial charge in [-0.25, -0.2) is 4.98 Å². The monoisotopic (exact) mass is 398 g/mol. The van der Waals surface area contributed by atoms with Crippen LogP contribution in [0.2, 0.25) is 0 Å². The highest BCUT2D eigenvalue weighted by Crippen LogP contribution is 2.29. The van der Waals surface area contributed by atoms with Crippen molar-refractivity contribution in [2.24, 2.45) is 0 Å². The molecular weight excluding hydrogens is 372 g/mol. The molecule has 4 nitrogen and oxygen atoms in total. The van der Waals surface area contributed by atoms with E-state index in [1.54, 1.807) is 17.4 Å². The predicted octanol–water partition coefficient (Wildman–Crippen LogP) is 5.90. The van der Waals surface area contributed by atoms with Gasteiger partial charge in [0.15, 0.2) is 0 Å². The number of rotatable bonds is 5. The largest absolute Gasteiger partial charge is 0.464 e. The fraction of sp³-hybridized carbons (Fsp3) is 0.231. The lowest BCUT2D eigenvalue weighted by Crippen LogP contribution is -2.32. The van der Waals surface area contributed by atoms with Gasteiger partial charge in [-0.15, -0.1) is 0 Å². The van der Waals surface area contributed by atoms with Crippen molar-refractivity contribution in [3.63, 3.8) is 0 Å². The van der Waals surface area contributed by atoms with Crippen LogP contribution >= 0.6 is 0 Å². The van der Waals surface area contributed by atoms with Crippen LogP contribution in [0, 0.1) is 0 Å². The fourth-order valence-electron chi connectivity index (χ4n) is 3.52. The molecule has 0 saturated heterocycles. The number of aromatic nitrogens is 1. The van der Waals surface area contributed by atoms with E-state index in [1.165, 1.54) is 5.56 Å².